The predicted octanol–water partition coefficient (Wildman–Crippen LogP) is 1.31. The Hall–Kier alpha value is -2.48. The Morgan fingerprint density at radius 2 is 2.30 bits per heavy atom. The first kappa shape index (κ1) is 13.9. The van der Waals surface area contributed by atoms with E-state index in [-0.39, 0.29) is 17.3 Å². The molecule has 0 atom stereocenters. The van der Waals surface area contributed by atoms with Crippen LogP contribution in [0, 0.1) is 10.1 Å². The van der Waals surface area contributed by atoms with E-state index >= 15 is 0 Å². The number of nitrogens with one attached hydrogen (secondary N) is 1. The highest BCUT2D eigenvalue weighted by Gasteiger charge is 2.21. The van der Waals surface area contributed by atoms with Crippen LogP contribution >= 0.6 is 11.6 Å². The summed E-state index contributed by atoms with van der Waals surface area (Å²) < 4.78 is 1.73. The van der Waals surface area contributed by atoms with Crippen LogP contribution in [0.3, 0.4) is 0 Å². The zero-order valence-electron chi connectivity index (χ0n) is 10.4. The lowest BCUT2D eigenvalue weighted by Gasteiger charge is -2.06. The maximum absolute atomic E-state index is 12.0. The maximum Gasteiger partial charge on any atom is 0.300 e. The minimum Gasteiger partial charge on any atom is -0.345 e. The Bertz CT molecular complexity index is 670. The van der Waals surface area contributed by atoms with E-state index in [2.05, 4.69) is 15.3 Å². The highest BCUT2D eigenvalue weighted by molar-refractivity contribution is 6.29. The van der Waals surface area contributed by atoms with Gasteiger partial charge >= 0.3 is 0 Å². The van der Waals surface area contributed by atoms with Gasteiger partial charge in [0.25, 0.3) is 11.6 Å². The zero-order chi connectivity index (χ0) is 14.7. The molecule has 9 heteroatoms. The molecule has 0 saturated heterocycles. The molecule has 1 amide bonds. The molecule has 8 nitrogen and oxygen atoms in total. The molecule has 2 rings (SSSR count). The number of amides is 1. The molecule has 0 aliphatic carbocycles. The number of aromatic nitrogens is 3. The van der Waals surface area contributed by atoms with Gasteiger partial charge in [-0.15, -0.1) is 0 Å². The molecule has 2 heterocycles. The van der Waals surface area contributed by atoms with Crippen LogP contribution in [0.2, 0.25) is 5.15 Å². The first-order valence-corrected chi connectivity index (χ1v) is 5.91. The molecule has 0 spiro atoms. The molecular weight excluding hydrogens is 286 g/mol. The summed E-state index contributed by atoms with van der Waals surface area (Å²) in [5.74, 6) is 0.0187. The molecule has 2 aromatic rings. The number of hydrogen-bond acceptors (Lipinski definition) is 5. The van der Waals surface area contributed by atoms with E-state index in [4.69, 9.17) is 11.6 Å². The Morgan fingerprint density at radius 1 is 1.55 bits per heavy atom. The summed E-state index contributed by atoms with van der Waals surface area (Å²) >= 11 is 5.66. The molecule has 2 aromatic heterocycles. The van der Waals surface area contributed by atoms with Gasteiger partial charge in [0.05, 0.1) is 11.5 Å². The average Bonchev–Trinajstić information content (AvgIpc) is 2.81. The number of carbonyl (C=O) groups is 1. The number of hydrogen-bond donors (Lipinski definition) is 1. The van der Waals surface area contributed by atoms with Crippen LogP contribution in [-0.4, -0.2) is 25.4 Å². The zero-order valence-corrected chi connectivity index (χ0v) is 11.2. The van der Waals surface area contributed by atoms with Crippen molar-refractivity contribution in [1.82, 2.24) is 19.9 Å². The number of nitrogens with zero attached hydrogens (tertiary/aromatic N) is 4. The third-order valence-corrected chi connectivity index (χ3v) is 2.83. The minimum atomic E-state index is -0.682. The Labute approximate surface area is 118 Å². The molecular formula is C11H10ClN5O3. The molecule has 0 saturated carbocycles. The van der Waals surface area contributed by atoms with E-state index in [1.54, 1.807) is 24.0 Å². The molecule has 0 bridgehead atoms. The highest BCUT2D eigenvalue weighted by Crippen LogP contribution is 2.20. The normalized spacial score (nSPS) is 10.3. The monoisotopic (exact) mass is 295 g/mol. The SMILES string of the molecule is Cn1ccnc1CNC(=O)c1cc(Cl)ncc1[N+](=O)[O-]. The number of imidazole rings is 1. The number of halogens is 1. The second-order valence-corrected chi connectivity index (χ2v) is 4.31. The number of nitro groups is 1. The summed E-state index contributed by atoms with van der Waals surface area (Å²) in [5, 5.41) is 13.4. The molecule has 20 heavy (non-hydrogen) atoms. The summed E-state index contributed by atoms with van der Waals surface area (Å²) in [5.41, 5.74) is -0.532. The van der Waals surface area contributed by atoms with Crippen LogP contribution < -0.4 is 5.32 Å². The molecule has 1 N–H and O–H groups in total. The summed E-state index contributed by atoms with van der Waals surface area (Å²) in [6.45, 7) is 0.152. The lowest BCUT2D eigenvalue weighted by atomic mass is 10.2. The van der Waals surface area contributed by atoms with E-state index in [0.717, 1.165) is 12.3 Å². The van der Waals surface area contributed by atoms with E-state index in [1.807, 2.05) is 0 Å². The molecule has 0 aliphatic heterocycles. The first-order valence-electron chi connectivity index (χ1n) is 5.53. The molecule has 0 aliphatic rings. The fourth-order valence-electron chi connectivity index (χ4n) is 1.57. The summed E-state index contributed by atoms with van der Waals surface area (Å²) in [6, 6.07) is 1.16. The topological polar surface area (TPSA) is 103 Å². The van der Waals surface area contributed by atoms with Gasteiger partial charge in [-0.1, -0.05) is 11.6 Å². The third-order valence-electron chi connectivity index (χ3n) is 2.62. The van der Waals surface area contributed by atoms with Crippen molar-refractivity contribution in [3.05, 3.63) is 51.3 Å². The van der Waals surface area contributed by atoms with Crippen LogP contribution in [0.5, 0.6) is 0 Å². The second-order valence-electron chi connectivity index (χ2n) is 3.92. The fourth-order valence-corrected chi connectivity index (χ4v) is 1.73. The van der Waals surface area contributed by atoms with Gasteiger partial charge in [-0.2, -0.15) is 0 Å². The molecule has 0 fully saturated rings. The Morgan fingerprint density at radius 3 is 2.90 bits per heavy atom. The van der Waals surface area contributed by atoms with Crippen LogP contribution in [0.4, 0.5) is 5.69 Å². The van der Waals surface area contributed by atoms with Gasteiger partial charge in [0, 0.05) is 19.4 Å². The van der Waals surface area contributed by atoms with Gasteiger partial charge < -0.3 is 9.88 Å². The quantitative estimate of drug-likeness (QED) is 0.520. The van der Waals surface area contributed by atoms with E-state index in [1.165, 1.54) is 0 Å². The number of aryl methyl sites for hydroxylation is 1. The van der Waals surface area contributed by atoms with Crippen molar-refractivity contribution in [2.75, 3.05) is 0 Å². The van der Waals surface area contributed by atoms with Gasteiger partial charge in [0.2, 0.25) is 0 Å². The summed E-state index contributed by atoms with van der Waals surface area (Å²) in [6.07, 6.45) is 4.28. The summed E-state index contributed by atoms with van der Waals surface area (Å²) in [4.78, 5) is 29.8. The molecule has 0 unspecified atom stereocenters. The number of pyridine rings is 1. The van der Waals surface area contributed by atoms with Crippen molar-refractivity contribution in [2.45, 2.75) is 6.54 Å². The van der Waals surface area contributed by atoms with Crippen molar-refractivity contribution >= 4 is 23.2 Å². The standard InChI is InChI=1S/C11H10ClN5O3/c1-16-3-2-13-10(16)6-15-11(18)7-4-9(12)14-5-8(7)17(19)20/h2-5H,6H2,1H3,(H,15,18). The minimum absolute atomic E-state index is 0.0118. The Balaban J connectivity index is 2.19. The van der Waals surface area contributed by atoms with Crippen molar-refractivity contribution in [2.24, 2.45) is 7.05 Å². The van der Waals surface area contributed by atoms with Gasteiger partial charge in [0.1, 0.15) is 22.7 Å². The summed E-state index contributed by atoms with van der Waals surface area (Å²) in [7, 11) is 1.78. The smallest absolute Gasteiger partial charge is 0.300 e. The van der Waals surface area contributed by atoms with Gasteiger partial charge in [-0.3, -0.25) is 14.9 Å². The number of rotatable bonds is 4. The van der Waals surface area contributed by atoms with Crippen molar-refractivity contribution in [3.63, 3.8) is 0 Å². The predicted molar refractivity (Wildman–Crippen MR) is 70.3 cm³/mol. The van der Waals surface area contributed by atoms with Gasteiger partial charge in [-0.05, 0) is 6.07 Å². The van der Waals surface area contributed by atoms with Crippen molar-refractivity contribution < 1.29 is 9.72 Å². The molecule has 0 radical (unpaired) electrons. The lowest BCUT2D eigenvalue weighted by molar-refractivity contribution is -0.385. The van der Waals surface area contributed by atoms with Crippen molar-refractivity contribution in [3.8, 4) is 0 Å². The molecule has 0 aromatic carbocycles. The number of carbonyl (C=O) groups excluding carboxylic acids is 1. The van der Waals surface area contributed by atoms with Crippen molar-refractivity contribution in [1.29, 1.82) is 0 Å². The van der Waals surface area contributed by atoms with Crippen LogP contribution in [0.25, 0.3) is 0 Å². The second kappa shape index (κ2) is 5.66. The maximum atomic E-state index is 12.0. The average molecular weight is 296 g/mol. The van der Waals surface area contributed by atoms with Gasteiger partial charge in [0.15, 0.2) is 0 Å². The van der Waals surface area contributed by atoms with Crippen LogP contribution in [-0.2, 0) is 13.6 Å². The lowest BCUT2D eigenvalue weighted by Crippen LogP contribution is -2.25. The highest BCUT2D eigenvalue weighted by atomic mass is 35.5. The molecule has 104 valence electrons. The van der Waals surface area contributed by atoms with E-state index < -0.39 is 16.5 Å². The van der Waals surface area contributed by atoms with Crippen LogP contribution in [0.15, 0.2) is 24.7 Å². The Kier molecular flexibility index (Phi) is 3.94. The fraction of sp³-hybridized carbons (Fsp3) is 0.182. The third kappa shape index (κ3) is 2.91. The largest absolute Gasteiger partial charge is 0.345 e. The first-order chi connectivity index (χ1) is 9.49. The van der Waals surface area contributed by atoms with Crippen LogP contribution in [0.1, 0.15) is 16.2 Å². The van der Waals surface area contributed by atoms with E-state index in [9.17, 15) is 14.9 Å². The van der Waals surface area contributed by atoms with Gasteiger partial charge in [-0.25, -0.2) is 9.97 Å². The van der Waals surface area contributed by atoms with E-state index in [0.29, 0.717) is 5.82 Å².